The van der Waals surface area contributed by atoms with Gasteiger partial charge in [0.2, 0.25) is 0 Å². The zero-order chi connectivity index (χ0) is 27.7. The number of amides is 1. The molecule has 1 fully saturated rings. The van der Waals surface area contributed by atoms with Crippen LogP contribution >= 0.6 is 0 Å². The molecule has 0 spiro atoms. The number of aryl methyl sites for hydroxylation is 2. The first-order valence-electron chi connectivity index (χ1n) is 12.9. The Morgan fingerprint density at radius 2 is 1.69 bits per heavy atom. The molecule has 0 aliphatic heterocycles. The van der Waals surface area contributed by atoms with Crippen LogP contribution in [0, 0.1) is 19.7 Å². The Balaban J connectivity index is 1.18. The largest absolute Gasteiger partial charge is 0.573 e. The van der Waals surface area contributed by atoms with Crippen molar-refractivity contribution in [3.8, 4) is 5.75 Å². The Bertz CT molecular complexity index is 1490. The van der Waals surface area contributed by atoms with Crippen LogP contribution in [0.4, 0.5) is 17.6 Å². The van der Waals surface area contributed by atoms with E-state index in [0.29, 0.717) is 28.2 Å². The lowest BCUT2D eigenvalue weighted by atomic mass is 9.76. The molecule has 0 atom stereocenters. The summed E-state index contributed by atoms with van der Waals surface area (Å²) in [5.41, 5.74) is 5.13. The van der Waals surface area contributed by atoms with Crippen molar-refractivity contribution in [3.05, 3.63) is 100 Å². The van der Waals surface area contributed by atoms with E-state index in [1.54, 1.807) is 29.5 Å². The average Bonchev–Trinajstić information content (AvgIpc) is 3.22. The van der Waals surface area contributed by atoms with Gasteiger partial charge in [-0.15, -0.1) is 13.2 Å². The number of nitrogens with one attached hydrogen (secondary N) is 1. The second-order valence-electron chi connectivity index (χ2n) is 10.2. The summed E-state index contributed by atoms with van der Waals surface area (Å²) in [6.45, 7) is 3.94. The molecule has 2 heterocycles. The van der Waals surface area contributed by atoms with Gasteiger partial charge in [-0.25, -0.2) is 9.37 Å². The monoisotopic (exact) mass is 539 g/mol. The molecule has 4 aromatic rings. The predicted molar refractivity (Wildman–Crippen MR) is 139 cm³/mol. The minimum Gasteiger partial charge on any atom is -0.406 e. The highest BCUT2D eigenvalue weighted by molar-refractivity contribution is 5.94. The molecule has 5 nitrogen and oxygen atoms in total. The van der Waals surface area contributed by atoms with Crippen LogP contribution in [-0.2, 0) is 6.54 Å². The first kappa shape index (κ1) is 26.7. The number of imidazole rings is 1. The van der Waals surface area contributed by atoms with E-state index in [-0.39, 0.29) is 35.9 Å². The maximum Gasteiger partial charge on any atom is 0.573 e. The Kier molecular flexibility index (Phi) is 7.34. The number of alkyl halides is 3. The lowest BCUT2D eigenvalue weighted by Crippen LogP contribution is -2.25. The van der Waals surface area contributed by atoms with E-state index in [2.05, 4.69) is 15.0 Å². The van der Waals surface area contributed by atoms with Gasteiger partial charge in [-0.2, -0.15) is 0 Å². The quantitative estimate of drug-likeness (QED) is 0.261. The topological polar surface area (TPSA) is 55.6 Å². The number of nitrogens with zero attached hydrogens (tertiary/aromatic N) is 2. The Labute approximate surface area is 223 Å². The molecular weight excluding hydrogens is 510 g/mol. The molecular formula is C30H29F4N3O2. The fraction of sp³-hybridized carbons (Fsp3) is 0.333. The molecule has 1 saturated carbocycles. The van der Waals surface area contributed by atoms with Gasteiger partial charge in [0.25, 0.3) is 5.91 Å². The fourth-order valence-corrected chi connectivity index (χ4v) is 5.49. The van der Waals surface area contributed by atoms with E-state index in [1.165, 1.54) is 18.2 Å². The first-order valence-corrected chi connectivity index (χ1v) is 12.9. The molecule has 1 amide bonds. The van der Waals surface area contributed by atoms with E-state index in [9.17, 15) is 18.0 Å². The standard InChI is InChI=1S/C30H29F4N3O2/c1-18-13-14-37-27(15-18)36-19(2)28(37)29(38)35-17-20-3-12-25(26(31)16-20)23-6-4-21(5-7-23)22-8-10-24(11-9-22)39-30(32,33)34/h3,8-16,21,23H,4-7,17H2,1-2H3,(H,35,38). The van der Waals surface area contributed by atoms with Crippen LogP contribution < -0.4 is 10.1 Å². The number of rotatable bonds is 6. The Morgan fingerprint density at radius 3 is 2.36 bits per heavy atom. The van der Waals surface area contributed by atoms with Gasteiger partial charge < -0.3 is 10.1 Å². The molecule has 39 heavy (non-hydrogen) atoms. The SMILES string of the molecule is Cc1ccn2c(C(=O)NCc3ccc(C4CCC(c5ccc(OC(F)(F)F)cc5)CC4)c(F)c3)c(C)nc2c1. The number of fused-ring (bicyclic) bond motifs is 1. The zero-order valence-corrected chi connectivity index (χ0v) is 21.7. The second-order valence-corrected chi connectivity index (χ2v) is 10.2. The summed E-state index contributed by atoms with van der Waals surface area (Å²) in [4.78, 5) is 17.4. The van der Waals surface area contributed by atoms with Gasteiger partial charge in [-0.1, -0.05) is 24.3 Å². The maximum atomic E-state index is 15.1. The van der Waals surface area contributed by atoms with Gasteiger partial charge in [0.15, 0.2) is 0 Å². The van der Waals surface area contributed by atoms with Crippen molar-refractivity contribution in [2.75, 3.05) is 0 Å². The van der Waals surface area contributed by atoms with Crippen molar-refractivity contribution in [3.63, 3.8) is 0 Å². The summed E-state index contributed by atoms with van der Waals surface area (Å²) in [5.74, 6) is -0.514. The highest BCUT2D eigenvalue weighted by atomic mass is 19.4. The fourth-order valence-electron chi connectivity index (χ4n) is 5.49. The Morgan fingerprint density at radius 1 is 1.00 bits per heavy atom. The first-order chi connectivity index (χ1) is 18.6. The summed E-state index contributed by atoms with van der Waals surface area (Å²) >= 11 is 0. The number of ether oxygens (including phenoxy) is 1. The Hall–Kier alpha value is -3.88. The van der Waals surface area contributed by atoms with Crippen LogP contribution in [0.2, 0.25) is 0 Å². The summed E-state index contributed by atoms with van der Waals surface area (Å²) in [5, 5.41) is 2.88. The molecule has 204 valence electrons. The molecule has 0 unspecified atom stereocenters. The van der Waals surface area contributed by atoms with Gasteiger partial charge in [-0.05, 0) is 104 Å². The summed E-state index contributed by atoms with van der Waals surface area (Å²) in [6.07, 6.45) is 0.314. The van der Waals surface area contributed by atoms with Crippen molar-refractivity contribution in [2.45, 2.75) is 64.3 Å². The van der Waals surface area contributed by atoms with E-state index < -0.39 is 6.36 Å². The molecule has 2 aromatic carbocycles. The van der Waals surface area contributed by atoms with E-state index >= 15 is 4.39 Å². The number of hydrogen-bond acceptors (Lipinski definition) is 3. The van der Waals surface area contributed by atoms with Crippen LogP contribution in [-0.4, -0.2) is 21.7 Å². The molecule has 1 aliphatic carbocycles. The zero-order valence-electron chi connectivity index (χ0n) is 21.7. The van der Waals surface area contributed by atoms with Crippen LogP contribution in [0.25, 0.3) is 5.65 Å². The summed E-state index contributed by atoms with van der Waals surface area (Å²) in [7, 11) is 0. The van der Waals surface area contributed by atoms with Gasteiger partial charge in [0, 0.05) is 12.7 Å². The highest BCUT2D eigenvalue weighted by Crippen LogP contribution is 2.41. The highest BCUT2D eigenvalue weighted by Gasteiger charge is 2.31. The van der Waals surface area contributed by atoms with Gasteiger partial charge in [-0.3, -0.25) is 9.20 Å². The van der Waals surface area contributed by atoms with E-state index in [4.69, 9.17) is 0 Å². The van der Waals surface area contributed by atoms with Crippen molar-refractivity contribution in [1.82, 2.24) is 14.7 Å². The van der Waals surface area contributed by atoms with Gasteiger partial charge in [0.05, 0.1) is 5.69 Å². The van der Waals surface area contributed by atoms with Crippen LogP contribution in [0.5, 0.6) is 5.75 Å². The van der Waals surface area contributed by atoms with Crippen molar-refractivity contribution in [1.29, 1.82) is 0 Å². The minimum absolute atomic E-state index is 0.0713. The lowest BCUT2D eigenvalue weighted by molar-refractivity contribution is -0.274. The smallest absolute Gasteiger partial charge is 0.406 e. The lowest BCUT2D eigenvalue weighted by Gasteiger charge is -2.29. The van der Waals surface area contributed by atoms with Crippen LogP contribution in [0.3, 0.4) is 0 Å². The van der Waals surface area contributed by atoms with Crippen molar-refractivity contribution >= 4 is 11.6 Å². The molecule has 2 aromatic heterocycles. The molecule has 5 rings (SSSR count). The molecule has 0 radical (unpaired) electrons. The second kappa shape index (κ2) is 10.7. The number of aromatic nitrogens is 2. The average molecular weight is 540 g/mol. The normalized spacial score (nSPS) is 17.8. The van der Waals surface area contributed by atoms with Gasteiger partial charge >= 0.3 is 6.36 Å². The van der Waals surface area contributed by atoms with Crippen molar-refractivity contribution < 1.29 is 27.1 Å². The number of pyridine rings is 1. The molecule has 1 aliphatic rings. The number of hydrogen-bond donors (Lipinski definition) is 1. The minimum atomic E-state index is -4.71. The predicted octanol–water partition coefficient (Wildman–Crippen LogP) is 7.36. The molecule has 0 bridgehead atoms. The van der Waals surface area contributed by atoms with E-state index in [0.717, 1.165) is 36.8 Å². The third kappa shape index (κ3) is 6.08. The number of carbonyl (C=O) groups excluding carboxylic acids is 1. The number of benzene rings is 2. The third-order valence-corrected chi connectivity index (χ3v) is 7.44. The van der Waals surface area contributed by atoms with Crippen molar-refractivity contribution in [2.24, 2.45) is 0 Å². The molecule has 0 saturated heterocycles. The van der Waals surface area contributed by atoms with Crippen LogP contribution in [0.1, 0.15) is 76.0 Å². The molecule has 1 N–H and O–H groups in total. The van der Waals surface area contributed by atoms with Crippen LogP contribution in [0.15, 0.2) is 60.8 Å². The number of halogens is 4. The van der Waals surface area contributed by atoms with E-state index in [1.807, 2.05) is 31.3 Å². The maximum absolute atomic E-state index is 15.1. The summed E-state index contributed by atoms with van der Waals surface area (Å²) in [6, 6.07) is 15.0. The number of carbonyl (C=O) groups is 1. The molecule has 9 heteroatoms. The third-order valence-electron chi connectivity index (χ3n) is 7.44. The summed E-state index contributed by atoms with van der Waals surface area (Å²) < 4.78 is 58.0. The van der Waals surface area contributed by atoms with Gasteiger partial charge in [0.1, 0.15) is 22.9 Å².